The van der Waals surface area contributed by atoms with Crippen molar-refractivity contribution < 1.29 is 9.21 Å². The van der Waals surface area contributed by atoms with Crippen molar-refractivity contribution in [3.63, 3.8) is 0 Å². The highest BCUT2D eigenvalue weighted by molar-refractivity contribution is 6.33. The third-order valence-electron chi connectivity index (χ3n) is 5.09. The van der Waals surface area contributed by atoms with Crippen LogP contribution in [0.2, 0.25) is 10.0 Å². The SMILES string of the molecule is Cn1ncc(Cl)c1-c1coc(C(=O)N[C@H]2CNCC[C@@H]2c2ccc(Cl)cc2)c1. The fourth-order valence-corrected chi connectivity index (χ4v) is 4.07. The number of hydrogen-bond acceptors (Lipinski definition) is 4. The number of furan rings is 1. The Morgan fingerprint density at radius 1 is 1.32 bits per heavy atom. The second-order valence-electron chi connectivity index (χ2n) is 6.90. The second kappa shape index (κ2) is 7.99. The summed E-state index contributed by atoms with van der Waals surface area (Å²) in [4.78, 5) is 12.8. The average molecular weight is 419 g/mol. The number of halogens is 2. The molecule has 0 saturated carbocycles. The van der Waals surface area contributed by atoms with Crippen molar-refractivity contribution in [3.8, 4) is 11.3 Å². The van der Waals surface area contributed by atoms with Gasteiger partial charge >= 0.3 is 0 Å². The zero-order valence-corrected chi connectivity index (χ0v) is 16.8. The van der Waals surface area contributed by atoms with E-state index in [1.54, 1.807) is 24.0 Å². The van der Waals surface area contributed by atoms with Crippen LogP contribution in [0.25, 0.3) is 11.3 Å². The molecule has 28 heavy (non-hydrogen) atoms. The lowest BCUT2D eigenvalue weighted by Gasteiger charge is -2.33. The van der Waals surface area contributed by atoms with Crippen LogP contribution in [0.5, 0.6) is 0 Å². The normalized spacial score (nSPS) is 19.5. The van der Waals surface area contributed by atoms with E-state index < -0.39 is 0 Å². The Labute approximate surface area is 172 Å². The maximum atomic E-state index is 12.8. The van der Waals surface area contributed by atoms with Crippen LogP contribution in [-0.2, 0) is 7.05 Å². The van der Waals surface area contributed by atoms with Crippen molar-refractivity contribution in [1.82, 2.24) is 20.4 Å². The van der Waals surface area contributed by atoms with Crippen LogP contribution < -0.4 is 10.6 Å². The molecule has 0 spiro atoms. The van der Waals surface area contributed by atoms with E-state index >= 15 is 0 Å². The summed E-state index contributed by atoms with van der Waals surface area (Å²) in [7, 11) is 1.79. The maximum Gasteiger partial charge on any atom is 0.287 e. The van der Waals surface area contributed by atoms with Gasteiger partial charge in [0.05, 0.1) is 16.9 Å². The molecular weight excluding hydrogens is 399 g/mol. The highest BCUT2D eigenvalue weighted by Gasteiger charge is 2.29. The lowest BCUT2D eigenvalue weighted by atomic mass is 9.86. The summed E-state index contributed by atoms with van der Waals surface area (Å²) in [5.41, 5.74) is 2.59. The Morgan fingerprint density at radius 3 is 2.82 bits per heavy atom. The Morgan fingerprint density at radius 2 is 2.11 bits per heavy atom. The van der Waals surface area contributed by atoms with Gasteiger partial charge in [0.2, 0.25) is 0 Å². The molecule has 1 fully saturated rings. The topological polar surface area (TPSA) is 72.1 Å². The molecule has 3 heterocycles. The molecule has 1 aliphatic rings. The number of nitrogens with one attached hydrogen (secondary N) is 2. The first-order valence-electron chi connectivity index (χ1n) is 9.06. The third-order valence-corrected chi connectivity index (χ3v) is 5.62. The van der Waals surface area contributed by atoms with Crippen molar-refractivity contribution in [2.24, 2.45) is 7.05 Å². The van der Waals surface area contributed by atoms with Crippen molar-refractivity contribution >= 4 is 29.1 Å². The van der Waals surface area contributed by atoms with E-state index in [0.717, 1.165) is 18.5 Å². The Balaban J connectivity index is 1.51. The van der Waals surface area contributed by atoms with E-state index in [4.69, 9.17) is 27.6 Å². The van der Waals surface area contributed by atoms with Gasteiger partial charge in [-0.3, -0.25) is 9.48 Å². The summed E-state index contributed by atoms with van der Waals surface area (Å²) < 4.78 is 7.16. The third kappa shape index (κ3) is 3.81. The second-order valence-corrected chi connectivity index (χ2v) is 7.74. The van der Waals surface area contributed by atoms with Gasteiger partial charge in [-0.2, -0.15) is 5.10 Å². The summed E-state index contributed by atoms with van der Waals surface area (Å²) in [6, 6.07) is 9.45. The van der Waals surface area contributed by atoms with Crippen molar-refractivity contribution in [3.05, 3.63) is 64.2 Å². The number of amides is 1. The van der Waals surface area contributed by atoms with Gasteiger partial charge in [0.25, 0.3) is 5.91 Å². The first-order valence-corrected chi connectivity index (χ1v) is 9.82. The molecule has 8 heteroatoms. The lowest BCUT2D eigenvalue weighted by molar-refractivity contribution is 0.0896. The minimum absolute atomic E-state index is 0.0451. The number of rotatable bonds is 4. The van der Waals surface area contributed by atoms with Gasteiger partial charge in [-0.05, 0) is 36.7 Å². The molecular formula is C20H20Cl2N4O2. The summed E-state index contributed by atoms with van der Waals surface area (Å²) >= 11 is 12.2. The molecule has 1 aromatic carbocycles. The summed E-state index contributed by atoms with van der Waals surface area (Å²) in [5, 5.41) is 11.8. The highest BCUT2D eigenvalue weighted by Crippen LogP contribution is 2.30. The minimum atomic E-state index is -0.253. The Hall–Kier alpha value is -2.28. The zero-order chi connectivity index (χ0) is 19.7. The van der Waals surface area contributed by atoms with Crippen LogP contribution in [0.15, 0.2) is 47.2 Å². The molecule has 0 bridgehead atoms. The number of nitrogens with zero attached hydrogens (tertiary/aromatic N) is 2. The van der Waals surface area contributed by atoms with Gasteiger partial charge in [-0.15, -0.1) is 0 Å². The van der Waals surface area contributed by atoms with E-state index in [1.807, 2.05) is 24.3 Å². The van der Waals surface area contributed by atoms with Crippen LogP contribution in [0.3, 0.4) is 0 Å². The number of carbonyl (C=O) groups excluding carboxylic acids is 1. The standard InChI is InChI=1S/C20H20Cl2N4O2/c1-26-19(16(22)9-24-26)13-8-18(28-11-13)20(27)25-17-10-23-7-6-15(17)12-2-4-14(21)5-3-12/h2-5,8-9,11,15,17,23H,6-7,10H2,1H3,(H,25,27)/t15-,17+/m1/s1. The number of carbonyl (C=O) groups is 1. The molecule has 2 atom stereocenters. The van der Waals surface area contributed by atoms with Crippen LogP contribution in [-0.4, -0.2) is 34.8 Å². The number of aryl methyl sites for hydroxylation is 1. The van der Waals surface area contributed by atoms with Crippen molar-refractivity contribution in [1.29, 1.82) is 0 Å². The first kappa shape index (κ1) is 19.1. The van der Waals surface area contributed by atoms with Crippen LogP contribution in [0.4, 0.5) is 0 Å². The number of aromatic nitrogens is 2. The number of piperidine rings is 1. The van der Waals surface area contributed by atoms with E-state index in [1.165, 1.54) is 6.26 Å². The van der Waals surface area contributed by atoms with Gasteiger partial charge in [0.15, 0.2) is 5.76 Å². The molecule has 0 radical (unpaired) electrons. The quantitative estimate of drug-likeness (QED) is 0.674. The van der Waals surface area contributed by atoms with E-state index in [9.17, 15) is 4.79 Å². The molecule has 1 aliphatic heterocycles. The molecule has 1 amide bonds. The predicted octanol–water partition coefficient (Wildman–Crippen LogP) is 3.86. The first-order chi connectivity index (χ1) is 13.5. The Bertz CT molecular complexity index is 961. The zero-order valence-electron chi connectivity index (χ0n) is 15.3. The monoisotopic (exact) mass is 418 g/mol. The smallest absolute Gasteiger partial charge is 0.287 e. The molecule has 4 rings (SSSR count). The van der Waals surface area contributed by atoms with Crippen LogP contribution in [0, 0.1) is 0 Å². The van der Waals surface area contributed by atoms with Gasteiger partial charge in [-0.25, -0.2) is 0 Å². The fraction of sp³-hybridized carbons (Fsp3) is 0.300. The summed E-state index contributed by atoms with van der Waals surface area (Å²) in [6.45, 7) is 1.60. The van der Waals surface area contributed by atoms with Crippen LogP contribution >= 0.6 is 23.2 Å². The Kier molecular flexibility index (Phi) is 5.44. The van der Waals surface area contributed by atoms with Crippen LogP contribution in [0.1, 0.15) is 28.5 Å². The van der Waals surface area contributed by atoms with E-state index in [2.05, 4.69) is 15.7 Å². The van der Waals surface area contributed by atoms with E-state index in [0.29, 0.717) is 27.8 Å². The minimum Gasteiger partial charge on any atom is -0.458 e. The van der Waals surface area contributed by atoms with Gasteiger partial charge < -0.3 is 15.1 Å². The highest BCUT2D eigenvalue weighted by atomic mass is 35.5. The number of hydrogen-bond donors (Lipinski definition) is 2. The molecule has 146 valence electrons. The van der Waals surface area contributed by atoms with E-state index in [-0.39, 0.29) is 23.6 Å². The lowest BCUT2D eigenvalue weighted by Crippen LogP contribution is -2.49. The molecule has 0 unspecified atom stereocenters. The largest absolute Gasteiger partial charge is 0.458 e. The molecule has 2 N–H and O–H groups in total. The molecule has 2 aromatic heterocycles. The molecule has 3 aromatic rings. The molecule has 0 aliphatic carbocycles. The maximum absolute atomic E-state index is 12.8. The van der Waals surface area contributed by atoms with Crippen molar-refractivity contribution in [2.45, 2.75) is 18.4 Å². The molecule has 6 nitrogen and oxygen atoms in total. The van der Waals surface area contributed by atoms with Crippen molar-refractivity contribution in [2.75, 3.05) is 13.1 Å². The predicted molar refractivity (Wildman–Crippen MR) is 109 cm³/mol. The fourth-order valence-electron chi connectivity index (χ4n) is 3.67. The summed E-state index contributed by atoms with van der Waals surface area (Å²) in [6.07, 6.45) is 4.02. The van der Waals surface area contributed by atoms with Gasteiger partial charge in [-0.1, -0.05) is 35.3 Å². The summed E-state index contributed by atoms with van der Waals surface area (Å²) in [5.74, 6) is 0.202. The average Bonchev–Trinajstić information content (AvgIpc) is 3.29. The number of benzene rings is 1. The molecule has 1 saturated heterocycles. The van der Waals surface area contributed by atoms with Gasteiger partial charge in [0, 0.05) is 36.1 Å². The van der Waals surface area contributed by atoms with Gasteiger partial charge in [0.1, 0.15) is 6.26 Å².